The summed E-state index contributed by atoms with van der Waals surface area (Å²) < 4.78 is 26.4. The van der Waals surface area contributed by atoms with Crippen molar-refractivity contribution in [3.8, 4) is 16.9 Å². The van der Waals surface area contributed by atoms with E-state index in [-0.39, 0.29) is 5.75 Å². The van der Waals surface area contributed by atoms with Crippen molar-refractivity contribution in [2.75, 3.05) is 0 Å². The van der Waals surface area contributed by atoms with E-state index >= 15 is 0 Å². The monoisotopic (exact) mass is 346 g/mol. The second-order valence-corrected chi connectivity index (χ2v) is 5.99. The molecule has 0 saturated carbocycles. The normalized spacial score (nSPS) is 11.4. The lowest BCUT2D eigenvalue weighted by molar-refractivity contribution is 0.395. The molecule has 0 aliphatic carbocycles. The minimum Gasteiger partial charge on any atom is -0.388 e. The van der Waals surface area contributed by atoms with Crippen LogP contribution in [0, 0.1) is 0 Å². The molecule has 0 aliphatic heterocycles. The zero-order valence-electron chi connectivity index (χ0n) is 12.9. The SMILES string of the molecule is C=CN(Cc1ccc(-c2ccc(OS(N)(=O)=O)cc2)cc1)/N=C\N. The van der Waals surface area contributed by atoms with Gasteiger partial charge < -0.3 is 9.92 Å². The maximum absolute atomic E-state index is 10.9. The third-order valence-corrected chi connectivity index (χ3v) is 3.55. The van der Waals surface area contributed by atoms with Crippen LogP contribution in [0.3, 0.4) is 0 Å². The Morgan fingerprint density at radius 2 is 1.62 bits per heavy atom. The first-order valence-corrected chi connectivity index (χ1v) is 8.43. The van der Waals surface area contributed by atoms with Crippen LogP contribution in [0.4, 0.5) is 0 Å². The second-order valence-electron chi connectivity index (χ2n) is 4.84. The van der Waals surface area contributed by atoms with E-state index in [0.717, 1.165) is 16.7 Å². The summed E-state index contributed by atoms with van der Waals surface area (Å²) in [7, 11) is -4.01. The molecule has 0 spiro atoms. The Morgan fingerprint density at radius 3 is 2.08 bits per heavy atom. The fourth-order valence-electron chi connectivity index (χ4n) is 2.06. The van der Waals surface area contributed by atoms with Crippen LogP contribution >= 0.6 is 0 Å². The summed E-state index contributed by atoms with van der Waals surface area (Å²) in [5.41, 5.74) is 8.21. The van der Waals surface area contributed by atoms with Crippen LogP contribution in [0.15, 0.2) is 66.4 Å². The molecule has 0 fully saturated rings. The van der Waals surface area contributed by atoms with Gasteiger partial charge in [-0.3, -0.25) is 5.01 Å². The molecule has 0 amide bonds. The lowest BCUT2D eigenvalue weighted by Crippen LogP contribution is -2.18. The molecule has 24 heavy (non-hydrogen) atoms. The van der Waals surface area contributed by atoms with Gasteiger partial charge in [-0.05, 0) is 28.8 Å². The topological polar surface area (TPSA) is 111 Å². The lowest BCUT2D eigenvalue weighted by Gasteiger charge is -2.13. The predicted molar refractivity (Wildman–Crippen MR) is 94.0 cm³/mol. The molecule has 0 radical (unpaired) electrons. The van der Waals surface area contributed by atoms with E-state index in [0.29, 0.717) is 6.54 Å². The van der Waals surface area contributed by atoms with Crippen molar-refractivity contribution in [3.05, 3.63) is 66.9 Å². The molecule has 0 heterocycles. The first kappa shape index (κ1) is 17.5. The molecule has 126 valence electrons. The van der Waals surface area contributed by atoms with E-state index in [1.165, 1.54) is 6.34 Å². The van der Waals surface area contributed by atoms with Gasteiger partial charge in [-0.15, -0.1) is 0 Å². The highest BCUT2D eigenvalue weighted by molar-refractivity contribution is 7.84. The van der Waals surface area contributed by atoms with Gasteiger partial charge >= 0.3 is 10.3 Å². The number of hydrogen-bond donors (Lipinski definition) is 2. The Hall–Kier alpha value is -2.84. The Bertz CT molecular complexity index is 815. The van der Waals surface area contributed by atoms with E-state index in [1.807, 2.05) is 24.3 Å². The molecule has 8 heteroatoms. The molecule has 2 rings (SSSR count). The average Bonchev–Trinajstić information content (AvgIpc) is 2.54. The van der Waals surface area contributed by atoms with Crippen LogP contribution in [0.25, 0.3) is 11.1 Å². The van der Waals surface area contributed by atoms with Crippen LogP contribution in [-0.4, -0.2) is 19.8 Å². The van der Waals surface area contributed by atoms with Gasteiger partial charge in [-0.25, -0.2) is 0 Å². The summed E-state index contributed by atoms with van der Waals surface area (Å²) in [6.07, 6.45) is 2.79. The minimum absolute atomic E-state index is 0.166. The molecule has 0 atom stereocenters. The lowest BCUT2D eigenvalue weighted by atomic mass is 10.0. The fourth-order valence-corrected chi connectivity index (χ4v) is 2.44. The van der Waals surface area contributed by atoms with Crippen molar-refractivity contribution in [1.29, 1.82) is 0 Å². The first-order chi connectivity index (χ1) is 11.4. The number of nitrogens with two attached hydrogens (primary N) is 2. The molecule has 7 nitrogen and oxygen atoms in total. The van der Waals surface area contributed by atoms with Crippen molar-refractivity contribution in [3.63, 3.8) is 0 Å². The zero-order chi connectivity index (χ0) is 17.6. The van der Waals surface area contributed by atoms with Crippen LogP contribution < -0.4 is 15.1 Å². The summed E-state index contributed by atoms with van der Waals surface area (Å²) in [6, 6.07) is 14.4. The van der Waals surface area contributed by atoms with Gasteiger partial charge in [-0.1, -0.05) is 43.0 Å². The Morgan fingerprint density at radius 1 is 1.08 bits per heavy atom. The number of nitrogens with zero attached hydrogens (tertiary/aromatic N) is 2. The van der Waals surface area contributed by atoms with Crippen LogP contribution in [0.1, 0.15) is 5.56 Å². The number of benzene rings is 2. The largest absolute Gasteiger partial charge is 0.388 e. The summed E-state index contributed by atoms with van der Waals surface area (Å²) in [6.45, 7) is 4.22. The van der Waals surface area contributed by atoms with Gasteiger partial charge in [-0.2, -0.15) is 18.7 Å². The average molecular weight is 346 g/mol. The second kappa shape index (κ2) is 7.62. The molecule has 0 unspecified atom stereocenters. The van der Waals surface area contributed by atoms with Gasteiger partial charge in [0.1, 0.15) is 12.1 Å². The molecule has 0 aromatic heterocycles. The minimum atomic E-state index is -4.01. The van der Waals surface area contributed by atoms with Gasteiger partial charge in [0.2, 0.25) is 0 Å². The highest BCUT2D eigenvalue weighted by atomic mass is 32.2. The number of hydrazone groups is 1. The maximum atomic E-state index is 10.9. The van der Waals surface area contributed by atoms with Crippen LogP contribution in [0.2, 0.25) is 0 Å². The van der Waals surface area contributed by atoms with Crippen LogP contribution in [-0.2, 0) is 16.8 Å². The van der Waals surface area contributed by atoms with Crippen molar-refractivity contribution in [2.45, 2.75) is 6.54 Å². The van der Waals surface area contributed by atoms with Gasteiger partial charge in [0.05, 0.1) is 6.54 Å². The molecular weight excluding hydrogens is 328 g/mol. The molecule has 2 aromatic carbocycles. The zero-order valence-corrected chi connectivity index (χ0v) is 13.7. The van der Waals surface area contributed by atoms with E-state index in [1.54, 1.807) is 35.5 Å². The summed E-state index contributed by atoms with van der Waals surface area (Å²) >= 11 is 0. The Balaban J connectivity index is 2.11. The van der Waals surface area contributed by atoms with Crippen molar-refractivity contribution in [2.24, 2.45) is 16.0 Å². The number of rotatable bonds is 7. The highest BCUT2D eigenvalue weighted by Gasteiger charge is 2.05. The molecule has 4 N–H and O–H groups in total. The summed E-state index contributed by atoms with van der Waals surface area (Å²) in [5, 5.41) is 10.4. The number of hydrogen-bond acceptors (Lipinski definition) is 5. The van der Waals surface area contributed by atoms with Gasteiger partial charge in [0.15, 0.2) is 0 Å². The van der Waals surface area contributed by atoms with Crippen LogP contribution in [0.5, 0.6) is 5.75 Å². The third kappa shape index (κ3) is 5.11. The van der Waals surface area contributed by atoms with Crippen molar-refractivity contribution < 1.29 is 12.6 Å². The molecule has 0 aliphatic rings. The maximum Gasteiger partial charge on any atom is 0.380 e. The standard InChI is InChI=1S/C16H18N4O3S/c1-2-20(19-12-17)11-13-3-5-14(6-4-13)15-7-9-16(10-8-15)23-24(18,21)22/h2-10,12H,1,11H2,(H2,17,19)(H2,18,21,22). The fraction of sp³-hybridized carbons (Fsp3) is 0.0625. The highest BCUT2D eigenvalue weighted by Crippen LogP contribution is 2.23. The van der Waals surface area contributed by atoms with Crippen molar-refractivity contribution >= 4 is 16.6 Å². The Labute approximate surface area is 141 Å². The predicted octanol–water partition coefficient (Wildman–Crippen LogP) is 1.78. The van der Waals surface area contributed by atoms with E-state index < -0.39 is 10.3 Å². The van der Waals surface area contributed by atoms with Gasteiger partial charge in [0, 0.05) is 6.20 Å². The van der Waals surface area contributed by atoms with Crippen molar-refractivity contribution in [1.82, 2.24) is 5.01 Å². The van der Waals surface area contributed by atoms with E-state index in [9.17, 15) is 8.42 Å². The van der Waals surface area contributed by atoms with Gasteiger partial charge in [0.25, 0.3) is 0 Å². The van der Waals surface area contributed by atoms with E-state index in [2.05, 4.69) is 15.9 Å². The van der Waals surface area contributed by atoms with E-state index in [4.69, 9.17) is 10.9 Å². The smallest absolute Gasteiger partial charge is 0.380 e. The third-order valence-electron chi connectivity index (χ3n) is 3.12. The molecular formula is C16H18N4O3S. The quantitative estimate of drug-likeness (QED) is 0.451. The first-order valence-electron chi connectivity index (χ1n) is 6.96. The molecule has 2 aromatic rings. The Kier molecular flexibility index (Phi) is 5.56. The summed E-state index contributed by atoms with van der Waals surface area (Å²) in [5.74, 6) is 0.166. The summed E-state index contributed by atoms with van der Waals surface area (Å²) in [4.78, 5) is 0. The molecule has 0 saturated heterocycles. The molecule has 0 bridgehead atoms.